The Bertz CT molecular complexity index is 144. The highest BCUT2D eigenvalue weighted by atomic mass is 35.5. The van der Waals surface area contributed by atoms with E-state index in [1.54, 1.807) is 0 Å². The summed E-state index contributed by atoms with van der Waals surface area (Å²) in [5.41, 5.74) is 0. The molecule has 1 fully saturated rings. The van der Waals surface area contributed by atoms with Crippen LogP contribution in [0.3, 0.4) is 0 Å². The Morgan fingerprint density at radius 1 is 1.14 bits per heavy atom. The maximum atomic E-state index is 6.18. The Labute approximate surface area is 94.4 Å². The van der Waals surface area contributed by atoms with Gasteiger partial charge >= 0.3 is 0 Å². The summed E-state index contributed by atoms with van der Waals surface area (Å²) < 4.78 is 0. The minimum atomic E-state index is 0.425. The Kier molecular flexibility index (Phi) is 5.93. The van der Waals surface area contributed by atoms with Crippen LogP contribution in [0.15, 0.2) is 0 Å². The standard InChI is InChI=1S/C13H25Cl/c1-3-11-7-5-6-8-12(11)9-10-13(14)4-2/h11-13H,3-10H2,1-2H3. The number of halogens is 1. The quantitative estimate of drug-likeness (QED) is 0.568. The molecule has 14 heavy (non-hydrogen) atoms. The van der Waals surface area contributed by atoms with Gasteiger partial charge in [0.1, 0.15) is 0 Å². The maximum absolute atomic E-state index is 6.18. The molecule has 0 N–H and O–H groups in total. The molecule has 0 bridgehead atoms. The van der Waals surface area contributed by atoms with Crippen molar-refractivity contribution >= 4 is 11.6 Å². The topological polar surface area (TPSA) is 0 Å². The average molecular weight is 217 g/mol. The molecule has 0 nitrogen and oxygen atoms in total. The highest BCUT2D eigenvalue weighted by molar-refractivity contribution is 6.20. The van der Waals surface area contributed by atoms with E-state index in [1.807, 2.05) is 0 Å². The van der Waals surface area contributed by atoms with Crippen molar-refractivity contribution < 1.29 is 0 Å². The number of hydrogen-bond acceptors (Lipinski definition) is 0. The van der Waals surface area contributed by atoms with Crippen LogP contribution in [0.5, 0.6) is 0 Å². The molecule has 1 rings (SSSR count). The lowest BCUT2D eigenvalue weighted by molar-refractivity contribution is 0.213. The maximum Gasteiger partial charge on any atom is 0.0333 e. The van der Waals surface area contributed by atoms with E-state index in [4.69, 9.17) is 11.6 Å². The van der Waals surface area contributed by atoms with Crippen LogP contribution in [0.25, 0.3) is 0 Å². The van der Waals surface area contributed by atoms with Gasteiger partial charge in [0, 0.05) is 5.38 Å². The van der Waals surface area contributed by atoms with Crippen molar-refractivity contribution in [3.05, 3.63) is 0 Å². The van der Waals surface area contributed by atoms with E-state index in [0.29, 0.717) is 5.38 Å². The predicted molar refractivity (Wildman–Crippen MR) is 64.9 cm³/mol. The lowest BCUT2D eigenvalue weighted by Crippen LogP contribution is -2.19. The van der Waals surface area contributed by atoms with Crippen LogP contribution in [-0.2, 0) is 0 Å². The molecule has 84 valence electrons. The third-order valence-electron chi connectivity index (χ3n) is 3.88. The van der Waals surface area contributed by atoms with Gasteiger partial charge in [-0.15, -0.1) is 11.6 Å². The third-order valence-corrected chi connectivity index (χ3v) is 4.41. The van der Waals surface area contributed by atoms with Crippen LogP contribution in [0, 0.1) is 11.8 Å². The van der Waals surface area contributed by atoms with Gasteiger partial charge < -0.3 is 0 Å². The summed E-state index contributed by atoms with van der Waals surface area (Å²) in [5.74, 6) is 1.99. The first kappa shape index (κ1) is 12.4. The van der Waals surface area contributed by atoms with Crippen LogP contribution in [0.2, 0.25) is 0 Å². The Hall–Kier alpha value is 0.290. The lowest BCUT2D eigenvalue weighted by Gasteiger charge is -2.31. The molecule has 3 atom stereocenters. The summed E-state index contributed by atoms with van der Waals surface area (Å²) in [6.45, 7) is 4.54. The molecule has 0 aliphatic heterocycles. The van der Waals surface area contributed by atoms with E-state index in [2.05, 4.69) is 13.8 Å². The number of hydrogen-bond donors (Lipinski definition) is 0. The molecule has 0 saturated heterocycles. The first-order valence-electron chi connectivity index (χ1n) is 6.42. The van der Waals surface area contributed by atoms with E-state index in [-0.39, 0.29) is 0 Å². The van der Waals surface area contributed by atoms with Crippen LogP contribution >= 0.6 is 11.6 Å². The molecular weight excluding hydrogens is 192 g/mol. The van der Waals surface area contributed by atoms with Crippen LogP contribution in [0.1, 0.15) is 65.2 Å². The van der Waals surface area contributed by atoms with Crippen molar-refractivity contribution in [2.24, 2.45) is 11.8 Å². The second-order valence-corrected chi connectivity index (χ2v) is 5.41. The van der Waals surface area contributed by atoms with Crippen molar-refractivity contribution in [2.75, 3.05) is 0 Å². The molecule has 0 amide bonds. The zero-order chi connectivity index (χ0) is 10.4. The second kappa shape index (κ2) is 6.71. The van der Waals surface area contributed by atoms with Gasteiger partial charge in [-0.3, -0.25) is 0 Å². The van der Waals surface area contributed by atoms with Crippen LogP contribution in [0.4, 0.5) is 0 Å². The van der Waals surface area contributed by atoms with Gasteiger partial charge in [-0.1, -0.05) is 46.0 Å². The second-order valence-electron chi connectivity index (χ2n) is 4.80. The molecule has 0 aromatic rings. The van der Waals surface area contributed by atoms with Crippen LogP contribution in [-0.4, -0.2) is 5.38 Å². The average Bonchev–Trinajstić information content (AvgIpc) is 2.26. The van der Waals surface area contributed by atoms with Crippen LogP contribution < -0.4 is 0 Å². The van der Waals surface area contributed by atoms with Crippen molar-refractivity contribution in [2.45, 2.75) is 70.6 Å². The van der Waals surface area contributed by atoms with Crippen molar-refractivity contribution in [1.82, 2.24) is 0 Å². The fourth-order valence-electron chi connectivity index (χ4n) is 2.80. The van der Waals surface area contributed by atoms with Crippen molar-refractivity contribution in [3.8, 4) is 0 Å². The van der Waals surface area contributed by atoms with Gasteiger partial charge in [0.05, 0.1) is 0 Å². The monoisotopic (exact) mass is 216 g/mol. The molecule has 1 aliphatic rings. The van der Waals surface area contributed by atoms with Gasteiger partial charge in [-0.05, 0) is 31.1 Å². The van der Waals surface area contributed by atoms with Gasteiger partial charge in [0.15, 0.2) is 0 Å². The normalized spacial score (nSPS) is 30.2. The van der Waals surface area contributed by atoms with E-state index in [9.17, 15) is 0 Å². The molecular formula is C13H25Cl. The molecule has 0 heterocycles. The van der Waals surface area contributed by atoms with Crippen molar-refractivity contribution in [1.29, 1.82) is 0 Å². The van der Waals surface area contributed by atoms with E-state index in [1.165, 1.54) is 44.9 Å². The smallest absolute Gasteiger partial charge is 0.0333 e. The lowest BCUT2D eigenvalue weighted by atomic mass is 9.75. The molecule has 1 saturated carbocycles. The number of alkyl halides is 1. The highest BCUT2D eigenvalue weighted by Crippen LogP contribution is 2.35. The van der Waals surface area contributed by atoms with Gasteiger partial charge in [-0.25, -0.2) is 0 Å². The van der Waals surface area contributed by atoms with E-state index >= 15 is 0 Å². The Balaban J connectivity index is 2.26. The van der Waals surface area contributed by atoms with Gasteiger partial charge in [0.2, 0.25) is 0 Å². The minimum absolute atomic E-state index is 0.425. The zero-order valence-corrected chi connectivity index (χ0v) is 10.5. The first-order chi connectivity index (χ1) is 6.77. The summed E-state index contributed by atoms with van der Waals surface area (Å²) in [6, 6.07) is 0. The first-order valence-corrected chi connectivity index (χ1v) is 6.85. The molecule has 0 aromatic heterocycles. The Morgan fingerprint density at radius 3 is 2.36 bits per heavy atom. The summed E-state index contributed by atoms with van der Waals surface area (Å²) in [4.78, 5) is 0. The molecule has 1 aliphatic carbocycles. The van der Waals surface area contributed by atoms with Gasteiger partial charge in [-0.2, -0.15) is 0 Å². The summed E-state index contributed by atoms with van der Waals surface area (Å²) in [7, 11) is 0. The predicted octanol–water partition coefficient (Wildman–Crippen LogP) is 5.00. The van der Waals surface area contributed by atoms with E-state index in [0.717, 1.165) is 18.3 Å². The van der Waals surface area contributed by atoms with Gasteiger partial charge in [0.25, 0.3) is 0 Å². The largest absolute Gasteiger partial charge is 0.123 e. The summed E-state index contributed by atoms with van der Waals surface area (Å²) in [5, 5.41) is 0.425. The molecule has 3 unspecified atom stereocenters. The minimum Gasteiger partial charge on any atom is -0.123 e. The fourth-order valence-corrected chi connectivity index (χ4v) is 2.93. The zero-order valence-electron chi connectivity index (χ0n) is 9.77. The SMILES string of the molecule is CCC(Cl)CCC1CCCCC1CC. The molecule has 0 spiro atoms. The van der Waals surface area contributed by atoms with E-state index < -0.39 is 0 Å². The third kappa shape index (κ3) is 3.81. The van der Waals surface area contributed by atoms with Crippen molar-refractivity contribution in [3.63, 3.8) is 0 Å². The fraction of sp³-hybridized carbons (Fsp3) is 1.00. The summed E-state index contributed by atoms with van der Waals surface area (Å²) in [6.07, 6.45) is 11.0. The highest BCUT2D eigenvalue weighted by Gasteiger charge is 2.23. The number of rotatable bonds is 5. The molecule has 0 radical (unpaired) electrons. The Morgan fingerprint density at radius 2 is 1.79 bits per heavy atom. The molecule has 1 heteroatoms. The summed E-state index contributed by atoms with van der Waals surface area (Å²) >= 11 is 6.18. The molecule has 0 aromatic carbocycles.